The molecule has 0 N–H and O–H groups in total. The third-order valence-electron chi connectivity index (χ3n) is 2.58. The Labute approximate surface area is 103 Å². The van der Waals surface area contributed by atoms with E-state index >= 15 is 0 Å². The number of ether oxygens (including phenoxy) is 1. The summed E-state index contributed by atoms with van der Waals surface area (Å²) >= 11 is 0. The van der Waals surface area contributed by atoms with E-state index in [1.165, 1.54) is 0 Å². The fourth-order valence-corrected chi connectivity index (χ4v) is 1.78. The fourth-order valence-electron chi connectivity index (χ4n) is 1.78. The van der Waals surface area contributed by atoms with Gasteiger partial charge in [0.05, 0.1) is 0 Å². The SMILES string of the molecule is CC(C)(C)OC(=O)N1CCC/C(=C\C=O)CC1. The molecule has 1 heterocycles. The van der Waals surface area contributed by atoms with Crippen LogP contribution >= 0.6 is 0 Å². The largest absolute Gasteiger partial charge is 0.444 e. The van der Waals surface area contributed by atoms with Gasteiger partial charge in [0.15, 0.2) is 0 Å². The molecule has 0 spiro atoms. The Morgan fingerprint density at radius 3 is 2.59 bits per heavy atom. The topological polar surface area (TPSA) is 46.6 Å². The summed E-state index contributed by atoms with van der Waals surface area (Å²) < 4.78 is 5.33. The molecule has 0 saturated carbocycles. The number of nitrogens with zero attached hydrogens (tertiary/aromatic N) is 1. The van der Waals surface area contributed by atoms with Crippen LogP contribution in [0, 0.1) is 0 Å². The van der Waals surface area contributed by atoms with Gasteiger partial charge in [0, 0.05) is 13.1 Å². The molecule has 1 amide bonds. The van der Waals surface area contributed by atoms with Crippen molar-refractivity contribution >= 4 is 12.4 Å². The monoisotopic (exact) mass is 239 g/mol. The van der Waals surface area contributed by atoms with Gasteiger partial charge in [-0.3, -0.25) is 4.79 Å². The maximum atomic E-state index is 11.8. The van der Waals surface area contributed by atoms with Crippen LogP contribution in [0.5, 0.6) is 0 Å². The van der Waals surface area contributed by atoms with E-state index in [1.807, 2.05) is 20.8 Å². The van der Waals surface area contributed by atoms with Gasteiger partial charge in [-0.1, -0.05) is 5.57 Å². The average molecular weight is 239 g/mol. The predicted molar refractivity (Wildman–Crippen MR) is 65.8 cm³/mol. The molecule has 1 aliphatic rings. The second-order valence-electron chi connectivity index (χ2n) is 5.28. The number of hydrogen-bond acceptors (Lipinski definition) is 3. The van der Waals surface area contributed by atoms with E-state index in [0.29, 0.717) is 13.1 Å². The van der Waals surface area contributed by atoms with Crippen LogP contribution in [0.2, 0.25) is 0 Å². The lowest BCUT2D eigenvalue weighted by atomic mass is 10.1. The first-order valence-electron chi connectivity index (χ1n) is 6.03. The lowest BCUT2D eigenvalue weighted by Crippen LogP contribution is -2.37. The first-order chi connectivity index (χ1) is 7.92. The third kappa shape index (κ3) is 5.02. The highest BCUT2D eigenvalue weighted by atomic mass is 16.6. The van der Waals surface area contributed by atoms with E-state index in [0.717, 1.165) is 31.1 Å². The van der Waals surface area contributed by atoms with Crippen LogP contribution < -0.4 is 0 Å². The summed E-state index contributed by atoms with van der Waals surface area (Å²) in [6, 6.07) is 0. The molecule has 0 aromatic carbocycles. The average Bonchev–Trinajstić information content (AvgIpc) is 2.41. The fraction of sp³-hybridized carbons (Fsp3) is 0.692. The Morgan fingerprint density at radius 1 is 1.29 bits per heavy atom. The van der Waals surface area contributed by atoms with E-state index < -0.39 is 5.60 Å². The highest BCUT2D eigenvalue weighted by molar-refractivity contribution is 5.68. The molecule has 1 fully saturated rings. The highest BCUT2D eigenvalue weighted by Gasteiger charge is 2.23. The zero-order valence-electron chi connectivity index (χ0n) is 10.9. The number of allylic oxidation sites excluding steroid dienone is 1. The Kier molecular flexibility index (Phi) is 4.73. The number of likely N-dealkylation sites (tertiary alicyclic amines) is 1. The first kappa shape index (κ1) is 13.7. The molecule has 0 aromatic heterocycles. The summed E-state index contributed by atoms with van der Waals surface area (Å²) in [6.45, 7) is 6.92. The summed E-state index contributed by atoms with van der Waals surface area (Å²) in [5.41, 5.74) is 0.663. The molecule has 4 heteroatoms. The summed E-state index contributed by atoms with van der Waals surface area (Å²) in [5, 5.41) is 0. The van der Waals surface area contributed by atoms with E-state index in [2.05, 4.69) is 0 Å². The minimum absolute atomic E-state index is 0.259. The number of hydrogen-bond donors (Lipinski definition) is 0. The van der Waals surface area contributed by atoms with Crippen LogP contribution in [0.3, 0.4) is 0 Å². The minimum atomic E-state index is -0.454. The quantitative estimate of drug-likeness (QED) is 0.522. The lowest BCUT2D eigenvalue weighted by molar-refractivity contribution is -0.104. The predicted octanol–water partition coefficient (Wildman–Crippen LogP) is 2.53. The van der Waals surface area contributed by atoms with Gasteiger partial charge in [-0.25, -0.2) is 4.79 Å². The smallest absolute Gasteiger partial charge is 0.410 e. The molecule has 1 rings (SSSR count). The molecule has 0 atom stereocenters. The summed E-state index contributed by atoms with van der Waals surface area (Å²) in [4.78, 5) is 24.0. The Morgan fingerprint density at radius 2 is 2.00 bits per heavy atom. The van der Waals surface area contributed by atoms with Gasteiger partial charge in [0.25, 0.3) is 0 Å². The molecule has 0 unspecified atom stereocenters. The highest BCUT2D eigenvalue weighted by Crippen LogP contribution is 2.18. The molecule has 1 saturated heterocycles. The number of rotatable bonds is 1. The normalized spacial score (nSPS) is 19.9. The summed E-state index contributed by atoms with van der Waals surface area (Å²) in [6.07, 6.45) is 4.70. The number of amides is 1. The van der Waals surface area contributed by atoms with Gasteiger partial charge >= 0.3 is 6.09 Å². The van der Waals surface area contributed by atoms with Crippen molar-refractivity contribution in [1.29, 1.82) is 0 Å². The second-order valence-corrected chi connectivity index (χ2v) is 5.28. The van der Waals surface area contributed by atoms with Gasteiger partial charge in [-0.05, 0) is 46.1 Å². The van der Waals surface area contributed by atoms with Gasteiger partial charge in [0.2, 0.25) is 0 Å². The molecule has 0 aliphatic carbocycles. The number of aldehydes is 1. The maximum absolute atomic E-state index is 11.8. The van der Waals surface area contributed by atoms with Crippen LogP contribution in [-0.2, 0) is 9.53 Å². The maximum Gasteiger partial charge on any atom is 0.410 e. The van der Waals surface area contributed by atoms with Gasteiger partial charge < -0.3 is 9.64 Å². The number of carbonyl (C=O) groups excluding carboxylic acids is 2. The van der Waals surface area contributed by atoms with Crippen molar-refractivity contribution in [3.8, 4) is 0 Å². The van der Waals surface area contributed by atoms with E-state index in [-0.39, 0.29) is 6.09 Å². The zero-order valence-corrected chi connectivity index (χ0v) is 10.9. The molecule has 0 radical (unpaired) electrons. The Hall–Kier alpha value is -1.32. The van der Waals surface area contributed by atoms with Crippen LogP contribution in [0.15, 0.2) is 11.6 Å². The molecular formula is C13H21NO3. The molecule has 17 heavy (non-hydrogen) atoms. The summed E-state index contributed by atoms with van der Waals surface area (Å²) in [7, 11) is 0. The van der Waals surface area contributed by atoms with E-state index in [9.17, 15) is 9.59 Å². The van der Waals surface area contributed by atoms with Crippen LogP contribution in [0.4, 0.5) is 4.79 Å². The lowest BCUT2D eigenvalue weighted by Gasteiger charge is -2.26. The molecule has 96 valence electrons. The Balaban J connectivity index is 2.54. The van der Waals surface area contributed by atoms with Gasteiger partial charge in [-0.2, -0.15) is 0 Å². The molecule has 0 bridgehead atoms. The minimum Gasteiger partial charge on any atom is -0.444 e. The molecule has 1 aliphatic heterocycles. The van der Waals surface area contributed by atoms with Crippen molar-refractivity contribution in [2.45, 2.75) is 45.6 Å². The molecular weight excluding hydrogens is 218 g/mol. The zero-order chi connectivity index (χ0) is 12.9. The molecule has 0 aromatic rings. The van der Waals surface area contributed by atoms with Crippen LogP contribution in [-0.4, -0.2) is 36.0 Å². The second kappa shape index (κ2) is 5.84. The van der Waals surface area contributed by atoms with E-state index in [4.69, 9.17) is 4.74 Å². The standard InChI is InChI=1S/C13H21NO3/c1-13(2,3)17-12(16)14-8-4-5-11(6-9-14)7-10-15/h7,10H,4-6,8-9H2,1-3H3/b11-7+. The Bertz CT molecular complexity index is 315. The van der Waals surface area contributed by atoms with Crippen LogP contribution in [0.1, 0.15) is 40.0 Å². The van der Waals surface area contributed by atoms with Crippen molar-refractivity contribution in [3.63, 3.8) is 0 Å². The van der Waals surface area contributed by atoms with Crippen molar-refractivity contribution in [1.82, 2.24) is 4.90 Å². The third-order valence-corrected chi connectivity index (χ3v) is 2.58. The van der Waals surface area contributed by atoms with Crippen LogP contribution in [0.25, 0.3) is 0 Å². The first-order valence-corrected chi connectivity index (χ1v) is 6.03. The molecule has 4 nitrogen and oxygen atoms in total. The van der Waals surface area contributed by atoms with Crippen molar-refractivity contribution < 1.29 is 14.3 Å². The van der Waals surface area contributed by atoms with Gasteiger partial charge in [-0.15, -0.1) is 0 Å². The van der Waals surface area contributed by atoms with Crippen molar-refractivity contribution in [3.05, 3.63) is 11.6 Å². The van der Waals surface area contributed by atoms with Crippen molar-refractivity contribution in [2.24, 2.45) is 0 Å². The van der Waals surface area contributed by atoms with Crippen molar-refractivity contribution in [2.75, 3.05) is 13.1 Å². The van der Waals surface area contributed by atoms with E-state index in [1.54, 1.807) is 11.0 Å². The number of carbonyl (C=O) groups is 2. The van der Waals surface area contributed by atoms with Gasteiger partial charge in [0.1, 0.15) is 11.9 Å². The summed E-state index contributed by atoms with van der Waals surface area (Å²) in [5.74, 6) is 0.